The summed E-state index contributed by atoms with van der Waals surface area (Å²) >= 11 is 11.9. The Morgan fingerprint density at radius 3 is 2.72 bits per heavy atom. The molecule has 0 unspecified atom stereocenters. The summed E-state index contributed by atoms with van der Waals surface area (Å²) in [7, 11) is 0. The predicted octanol–water partition coefficient (Wildman–Crippen LogP) is 3.86. The van der Waals surface area contributed by atoms with Crippen molar-refractivity contribution in [2.24, 2.45) is 0 Å². The van der Waals surface area contributed by atoms with Crippen molar-refractivity contribution in [2.45, 2.75) is 6.61 Å². The first kappa shape index (κ1) is 12.9. The van der Waals surface area contributed by atoms with E-state index in [9.17, 15) is 5.11 Å². The minimum atomic E-state index is -0.00955. The molecule has 2 aromatic carbocycles. The van der Waals surface area contributed by atoms with E-state index in [1.807, 2.05) is 0 Å². The number of benzene rings is 2. The number of rotatable bonds is 3. The highest BCUT2D eigenvalue weighted by molar-refractivity contribution is 6.33. The first-order valence-corrected chi connectivity index (χ1v) is 5.97. The Labute approximate surface area is 115 Å². The Hall–Kier alpha value is -1.58. The van der Waals surface area contributed by atoms with Gasteiger partial charge in [0.15, 0.2) is 0 Å². The van der Waals surface area contributed by atoms with Crippen LogP contribution in [0.2, 0.25) is 10.0 Å². The van der Waals surface area contributed by atoms with Gasteiger partial charge in [-0.3, -0.25) is 0 Å². The fourth-order valence-electron chi connectivity index (χ4n) is 1.47. The maximum atomic E-state index is 9.44. The van der Waals surface area contributed by atoms with Crippen molar-refractivity contribution in [1.82, 2.24) is 0 Å². The van der Waals surface area contributed by atoms with Crippen LogP contribution in [-0.4, -0.2) is 5.11 Å². The number of phenols is 1. The third-order valence-corrected chi connectivity index (χ3v) is 3.04. The summed E-state index contributed by atoms with van der Waals surface area (Å²) in [6, 6.07) is 9.95. The standard InChI is InChI=1S/C13H11Cl2NO2/c14-9-4-5-10(15)8(6-9)7-18-12-3-1-2-11(17)13(12)16/h1-6,17H,7,16H2. The highest BCUT2D eigenvalue weighted by atomic mass is 35.5. The van der Waals surface area contributed by atoms with Crippen LogP contribution in [0.5, 0.6) is 11.5 Å². The summed E-state index contributed by atoms with van der Waals surface area (Å²) in [4.78, 5) is 0. The van der Waals surface area contributed by atoms with Gasteiger partial charge in [-0.1, -0.05) is 29.3 Å². The van der Waals surface area contributed by atoms with Crippen LogP contribution in [0.3, 0.4) is 0 Å². The van der Waals surface area contributed by atoms with Crippen molar-refractivity contribution in [3.05, 3.63) is 52.0 Å². The molecule has 0 aliphatic heterocycles. The smallest absolute Gasteiger partial charge is 0.146 e. The minimum Gasteiger partial charge on any atom is -0.506 e. The van der Waals surface area contributed by atoms with Crippen LogP contribution in [0.1, 0.15) is 5.56 Å². The molecule has 0 aliphatic rings. The van der Waals surface area contributed by atoms with Gasteiger partial charge in [-0.2, -0.15) is 0 Å². The van der Waals surface area contributed by atoms with Crippen LogP contribution >= 0.6 is 23.2 Å². The quantitative estimate of drug-likeness (QED) is 0.664. The maximum Gasteiger partial charge on any atom is 0.146 e. The summed E-state index contributed by atoms with van der Waals surface area (Å²) < 4.78 is 5.51. The van der Waals surface area contributed by atoms with Crippen molar-refractivity contribution in [3.63, 3.8) is 0 Å². The van der Waals surface area contributed by atoms with Crippen molar-refractivity contribution in [2.75, 3.05) is 5.73 Å². The van der Waals surface area contributed by atoms with Gasteiger partial charge in [0.2, 0.25) is 0 Å². The second-order valence-electron chi connectivity index (χ2n) is 3.71. The zero-order valence-corrected chi connectivity index (χ0v) is 10.9. The lowest BCUT2D eigenvalue weighted by atomic mass is 10.2. The number of ether oxygens (including phenoxy) is 1. The van der Waals surface area contributed by atoms with Crippen LogP contribution in [0.4, 0.5) is 5.69 Å². The van der Waals surface area contributed by atoms with Crippen LogP contribution in [0, 0.1) is 0 Å². The molecule has 0 amide bonds. The van der Waals surface area contributed by atoms with Crippen LogP contribution in [0.15, 0.2) is 36.4 Å². The minimum absolute atomic E-state index is 0.00955. The van der Waals surface area contributed by atoms with Gasteiger partial charge in [0, 0.05) is 15.6 Å². The molecule has 0 radical (unpaired) electrons. The summed E-state index contributed by atoms with van der Waals surface area (Å²) in [5.74, 6) is 0.399. The molecule has 0 saturated heterocycles. The second kappa shape index (κ2) is 5.38. The highest BCUT2D eigenvalue weighted by Crippen LogP contribution is 2.31. The number of aromatic hydroxyl groups is 1. The fraction of sp³-hybridized carbons (Fsp3) is 0.0769. The lowest BCUT2D eigenvalue weighted by Gasteiger charge is -2.11. The van der Waals surface area contributed by atoms with E-state index < -0.39 is 0 Å². The average Bonchev–Trinajstić information content (AvgIpc) is 2.35. The lowest BCUT2D eigenvalue weighted by molar-refractivity contribution is 0.306. The van der Waals surface area contributed by atoms with Crippen molar-refractivity contribution < 1.29 is 9.84 Å². The van der Waals surface area contributed by atoms with E-state index in [1.54, 1.807) is 30.3 Å². The number of anilines is 1. The van der Waals surface area contributed by atoms with E-state index in [4.69, 9.17) is 33.7 Å². The average molecular weight is 284 g/mol. The predicted molar refractivity (Wildman–Crippen MR) is 73.3 cm³/mol. The molecule has 0 aromatic heterocycles. The molecule has 0 heterocycles. The number of para-hydroxylation sites is 1. The van der Waals surface area contributed by atoms with Gasteiger partial charge < -0.3 is 15.6 Å². The Morgan fingerprint density at radius 1 is 1.17 bits per heavy atom. The molecule has 2 aromatic rings. The zero-order chi connectivity index (χ0) is 13.1. The van der Waals surface area contributed by atoms with Crippen LogP contribution in [-0.2, 0) is 6.61 Å². The summed E-state index contributed by atoms with van der Waals surface area (Å²) in [5.41, 5.74) is 6.64. The first-order valence-electron chi connectivity index (χ1n) is 5.22. The molecule has 3 N–H and O–H groups in total. The summed E-state index contributed by atoms with van der Waals surface area (Å²) in [5, 5.41) is 10.6. The molecule has 0 fully saturated rings. The van der Waals surface area contributed by atoms with Gasteiger partial charge in [0.05, 0.1) is 0 Å². The monoisotopic (exact) mass is 283 g/mol. The van der Waals surface area contributed by atoms with E-state index in [-0.39, 0.29) is 18.0 Å². The molecule has 0 bridgehead atoms. The van der Waals surface area contributed by atoms with E-state index in [1.165, 1.54) is 6.07 Å². The largest absolute Gasteiger partial charge is 0.506 e. The molecule has 18 heavy (non-hydrogen) atoms. The Kier molecular flexibility index (Phi) is 3.84. The molecule has 0 saturated carbocycles. The van der Waals surface area contributed by atoms with Gasteiger partial charge in [0.1, 0.15) is 23.8 Å². The van der Waals surface area contributed by atoms with Gasteiger partial charge in [-0.25, -0.2) is 0 Å². The molecule has 0 atom stereocenters. The molecule has 0 spiro atoms. The summed E-state index contributed by atoms with van der Waals surface area (Å²) in [6.07, 6.45) is 0. The Morgan fingerprint density at radius 2 is 1.94 bits per heavy atom. The zero-order valence-electron chi connectivity index (χ0n) is 9.36. The number of hydrogen-bond acceptors (Lipinski definition) is 3. The van der Waals surface area contributed by atoms with Crippen molar-refractivity contribution in [3.8, 4) is 11.5 Å². The van der Waals surface area contributed by atoms with Crippen LogP contribution < -0.4 is 10.5 Å². The van der Waals surface area contributed by atoms with Gasteiger partial charge >= 0.3 is 0 Å². The van der Waals surface area contributed by atoms with E-state index >= 15 is 0 Å². The SMILES string of the molecule is Nc1c(O)cccc1OCc1cc(Cl)ccc1Cl. The Bertz CT molecular complexity index is 571. The highest BCUT2D eigenvalue weighted by Gasteiger charge is 2.07. The van der Waals surface area contributed by atoms with Crippen molar-refractivity contribution in [1.29, 1.82) is 0 Å². The maximum absolute atomic E-state index is 9.44. The Balaban J connectivity index is 2.16. The summed E-state index contributed by atoms with van der Waals surface area (Å²) in [6.45, 7) is 0.229. The van der Waals surface area contributed by atoms with Crippen LogP contribution in [0.25, 0.3) is 0 Å². The fourth-order valence-corrected chi connectivity index (χ4v) is 1.83. The number of halogens is 2. The molecule has 94 valence electrons. The molecular formula is C13H11Cl2NO2. The number of hydrogen-bond donors (Lipinski definition) is 2. The van der Waals surface area contributed by atoms with Gasteiger partial charge in [-0.05, 0) is 30.3 Å². The second-order valence-corrected chi connectivity index (χ2v) is 4.56. The molecule has 3 nitrogen and oxygen atoms in total. The number of nitrogens with two attached hydrogens (primary N) is 1. The molecule has 5 heteroatoms. The number of phenolic OH excluding ortho intramolecular Hbond substituents is 1. The topological polar surface area (TPSA) is 55.5 Å². The van der Waals surface area contributed by atoms with Crippen molar-refractivity contribution >= 4 is 28.9 Å². The number of nitrogen functional groups attached to an aromatic ring is 1. The first-order chi connectivity index (χ1) is 8.58. The van der Waals surface area contributed by atoms with E-state index in [2.05, 4.69) is 0 Å². The molecular weight excluding hydrogens is 273 g/mol. The molecule has 2 rings (SSSR count). The van der Waals surface area contributed by atoms with E-state index in [0.717, 1.165) is 5.56 Å². The van der Waals surface area contributed by atoms with E-state index in [0.29, 0.717) is 15.8 Å². The lowest BCUT2D eigenvalue weighted by Crippen LogP contribution is -1.99. The van der Waals surface area contributed by atoms with Gasteiger partial charge in [-0.15, -0.1) is 0 Å². The van der Waals surface area contributed by atoms with Gasteiger partial charge in [0.25, 0.3) is 0 Å². The molecule has 0 aliphatic carbocycles. The third kappa shape index (κ3) is 2.81. The third-order valence-electron chi connectivity index (χ3n) is 2.43. The normalized spacial score (nSPS) is 10.3.